The summed E-state index contributed by atoms with van der Waals surface area (Å²) >= 11 is 0. The van der Waals surface area contributed by atoms with Gasteiger partial charge in [-0.2, -0.15) is 4.98 Å². The lowest BCUT2D eigenvalue weighted by Crippen LogP contribution is -2.36. The zero-order valence-corrected chi connectivity index (χ0v) is 17.2. The molecule has 0 radical (unpaired) electrons. The third kappa shape index (κ3) is 4.39. The summed E-state index contributed by atoms with van der Waals surface area (Å²) in [6.45, 7) is 5.19. The van der Waals surface area contributed by atoms with Crippen molar-refractivity contribution in [1.82, 2.24) is 20.1 Å². The first-order valence-corrected chi connectivity index (χ1v) is 10.2. The Balaban J connectivity index is 1.30. The SMILES string of the molecule is Cc1noc(-c2ccc(-c3ccnc(Nc4ccc(N5CCOCC5)cc4)n3)cc2)n1. The lowest BCUT2D eigenvalue weighted by atomic mass is 10.1. The fourth-order valence-electron chi connectivity index (χ4n) is 3.48. The molecule has 4 aromatic rings. The lowest BCUT2D eigenvalue weighted by Gasteiger charge is -2.28. The van der Waals surface area contributed by atoms with Crippen LogP contribution >= 0.6 is 0 Å². The molecule has 5 rings (SSSR count). The van der Waals surface area contributed by atoms with E-state index in [1.807, 2.05) is 42.5 Å². The topological polar surface area (TPSA) is 89.2 Å². The second kappa shape index (κ2) is 8.53. The van der Waals surface area contributed by atoms with Gasteiger partial charge < -0.3 is 19.5 Å². The third-order valence-corrected chi connectivity index (χ3v) is 5.11. The van der Waals surface area contributed by atoms with E-state index in [0.29, 0.717) is 17.7 Å². The molecule has 1 aliphatic heterocycles. The Morgan fingerprint density at radius 1 is 0.871 bits per heavy atom. The Kier molecular flexibility index (Phi) is 5.28. The van der Waals surface area contributed by atoms with Gasteiger partial charge in [-0.15, -0.1) is 0 Å². The number of hydrogen-bond acceptors (Lipinski definition) is 8. The second-order valence-electron chi connectivity index (χ2n) is 7.26. The van der Waals surface area contributed by atoms with Crippen molar-refractivity contribution in [2.45, 2.75) is 6.92 Å². The van der Waals surface area contributed by atoms with Gasteiger partial charge in [0, 0.05) is 41.8 Å². The van der Waals surface area contributed by atoms with Crippen molar-refractivity contribution in [2.24, 2.45) is 0 Å². The number of ether oxygens (including phenoxy) is 1. The highest BCUT2D eigenvalue weighted by Crippen LogP contribution is 2.25. The Morgan fingerprint density at radius 3 is 2.32 bits per heavy atom. The molecule has 0 atom stereocenters. The van der Waals surface area contributed by atoms with Gasteiger partial charge in [-0.1, -0.05) is 17.3 Å². The molecule has 156 valence electrons. The maximum Gasteiger partial charge on any atom is 0.257 e. The molecule has 0 aliphatic carbocycles. The smallest absolute Gasteiger partial charge is 0.257 e. The summed E-state index contributed by atoms with van der Waals surface area (Å²) in [5.74, 6) is 1.67. The average molecular weight is 414 g/mol. The fraction of sp³-hybridized carbons (Fsp3) is 0.217. The molecule has 0 spiro atoms. The van der Waals surface area contributed by atoms with E-state index in [2.05, 4.69) is 42.5 Å². The lowest BCUT2D eigenvalue weighted by molar-refractivity contribution is 0.122. The van der Waals surface area contributed by atoms with Crippen LogP contribution in [0.3, 0.4) is 0 Å². The number of aryl methyl sites for hydroxylation is 1. The highest BCUT2D eigenvalue weighted by molar-refractivity contribution is 5.66. The minimum Gasteiger partial charge on any atom is -0.378 e. The molecule has 1 aliphatic rings. The number of nitrogens with zero attached hydrogens (tertiary/aromatic N) is 5. The Morgan fingerprint density at radius 2 is 1.61 bits per heavy atom. The van der Waals surface area contributed by atoms with Gasteiger partial charge in [0.25, 0.3) is 5.89 Å². The van der Waals surface area contributed by atoms with Crippen LogP contribution in [0.15, 0.2) is 65.3 Å². The Labute approximate surface area is 179 Å². The van der Waals surface area contributed by atoms with Crippen molar-refractivity contribution in [3.63, 3.8) is 0 Å². The van der Waals surface area contributed by atoms with Crippen LogP contribution in [0.1, 0.15) is 5.82 Å². The van der Waals surface area contributed by atoms with E-state index in [9.17, 15) is 0 Å². The zero-order valence-electron chi connectivity index (χ0n) is 17.2. The molecule has 1 saturated heterocycles. The van der Waals surface area contributed by atoms with Gasteiger partial charge in [-0.05, 0) is 49.4 Å². The summed E-state index contributed by atoms with van der Waals surface area (Å²) in [5, 5.41) is 7.12. The minimum atomic E-state index is 0.509. The Hall–Kier alpha value is -3.78. The molecule has 0 amide bonds. The van der Waals surface area contributed by atoms with Crippen LogP contribution in [0, 0.1) is 6.92 Å². The summed E-state index contributed by atoms with van der Waals surface area (Å²) in [4.78, 5) is 15.6. The first-order valence-electron chi connectivity index (χ1n) is 10.2. The van der Waals surface area contributed by atoms with Crippen molar-refractivity contribution in [2.75, 3.05) is 36.5 Å². The van der Waals surface area contributed by atoms with Gasteiger partial charge >= 0.3 is 0 Å². The summed E-state index contributed by atoms with van der Waals surface area (Å²) in [6.07, 6.45) is 1.75. The second-order valence-corrected chi connectivity index (χ2v) is 7.26. The van der Waals surface area contributed by atoms with Crippen LogP contribution in [0.4, 0.5) is 17.3 Å². The van der Waals surface area contributed by atoms with Crippen LogP contribution in [-0.4, -0.2) is 46.4 Å². The van der Waals surface area contributed by atoms with E-state index in [1.165, 1.54) is 5.69 Å². The quantitative estimate of drug-likeness (QED) is 0.522. The fourth-order valence-corrected chi connectivity index (χ4v) is 3.48. The maximum atomic E-state index is 5.42. The number of hydrogen-bond donors (Lipinski definition) is 1. The first kappa shape index (κ1) is 19.2. The molecule has 8 heteroatoms. The number of nitrogens with one attached hydrogen (secondary N) is 1. The molecule has 0 bridgehead atoms. The highest BCUT2D eigenvalue weighted by Gasteiger charge is 2.11. The van der Waals surface area contributed by atoms with Gasteiger partial charge in [0.2, 0.25) is 5.95 Å². The standard InChI is InChI=1S/C23H22N6O2/c1-16-25-22(31-28-16)18-4-2-17(3-5-18)21-10-11-24-23(27-21)26-19-6-8-20(9-7-19)29-12-14-30-15-13-29/h2-11H,12-15H2,1H3,(H,24,26,27). The monoisotopic (exact) mass is 414 g/mol. The van der Waals surface area contributed by atoms with Crippen LogP contribution < -0.4 is 10.2 Å². The van der Waals surface area contributed by atoms with Gasteiger partial charge in [-0.25, -0.2) is 9.97 Å². The Bertz CT molecular complexity index is 1150. The first-order chi connectivity index (χ1) is 15.2. The van der Waals surface area contributed by atoms with Crippen molar-refractivity contribution in [3.05, 3.63) is 66.6 Å². The van der Waals surface area contributed by atoms with Crippen molar-refractivity contribution in [3.8, 4) is 22.7 Å². The summed E-state index contributed by atoms with van der Waals surface area (Å²) in [6, 6.07) is 18.0. The third-order valence-electron chi connectivity index (χ3n) is 5.11. The molecular formula is C23H22N6O2. The molecule has 2 aromatic heterocycles. The van der Waals surface area contributed by atoms with E-state index in [0.717, 1.165) is 48.8 Å². The summed E-state index contributed by atoms with van der Waals surface area (Å²) < 4.78 is 10.6. The minimum absolute atomic E-state index is 0.509. The van der Waals surface area contributed by atoms with E-state index >= 15 is 0 Å². The van der Waals surface area contributed by atoms with Gasteiger partial charge in [0.1, 0.15) is 0 Å². The largest absolute Gasteiger partial charge is 0.378 e. The molecule has 1 fully saturated rings. The number of rotatable bonds is 5. The van der Waals surface area contributed by atoms with Gasteiger partial charge in [0.15, 0.2) is 5.82 Å². The molecule has 0 saturated carbocycles. The molecule has 2 aromatic carbocycles. The number of morpholine rings is 1. The predicted molar refractivity (Wildman–Crippen MR) is 118 cm³/mol. The van der Waals surface area contributed by atoms with Crippen LogP contribution in [0.2, 0.25) is 0 Å². The molecule has 3 heterocycles. The van der Waals surface area contributed by atoms with Crippen molar-refractivity contribution >= 4 is 17.3 Å². The maximum absolute atomic E-state index is 5.42. The normalized spacial score (nSPS) is 13.9. The molecular weight excluding hydrogens is 392 g/mol. The number of benzene rings is 2. The molecule has 8 nitrogen and oxygen atoms in total. The number of anilines is 3. The van der Waals surface area contributed by atoms with E-state index < -0.39 is 0 Å². The van der Waals surface area contributed by atoms with Crippen molar-refractivity contribution in [1.29, 1.82) is 0 Å². The molecule has 1 N–H and O–H groups in total. The summed E-state index contributed by atoms with van der Waals surface area (Å²) in [5.41, 5.74) is 4.82. The van der Waals surface area contributed by atoms with Crippen molar-refractivity contribution < 1.29 is 9.26 Å². The number of aromatic nitrogens is 4. The summed E-state index contributed by atoms with van der Waals surface area (Å²) in [7, 11) is 0. The van der Waals surface area contributed by atoms with Gasteiger partial charge in [0.05, 0.1) is 18.9 Å². The van der Waals surface area contributed by atoms with E-state index in [-0.39, 0.29) is 0 Å². The zero-order chi connectivity index (χ0) is 21.0. The van der Waals surface area contributed by atoms with E-state index in [4.69, 9.17) is 9.26 Å². The van der Waals surface area contributed by atoms with Crippen LogP contribution in [-0.2, 0) is 4.74 Å². The highest BCUT2D eigenvalue weighted by atomic mass is 16.5. The van der Waals surface area contributed by atoms with E-state index in [1.54, 1.807) is 13.1 Å². The molecule has 0 unspecified atom stereocenters. The van der Waals surface area contributed by atoms with Gasteiger partial charge in [-0.3, -0.25) is 0 Å². The van der Waals surface area contributed by atoms with Crippen LogP contribution in [0.25, 0.3) is 22.7 Å². The van der Waals surface area contributed by atoms with Crippen LogP contribution in [0.5, 0.6) is 0 Å². The predicted octanol–water partition coefficient (Wildman–Crippen LogP) is 4.08. The average Bonchev–Trinajstić information content (AvgIpc) is 3.27. The molecule has 31 heavy (non-hydrogen) atoms.